The summed E-state index contributed by atoms with van der Waals surface area (Å²) in [6.07, 6.45) is 4.31. The maximum atomic E-state index is 13.7. The summed E-state index contributed by atoms with van der Waals surface area (Å²) in [5, 5.41) is -0.0180. The van der Waals surface area contributed by atoms with Crippen LogP contribution in [0.3, 0.4) is 0 Å². The number of pyridine rings is 1. The van der Waals surface area contributed by atoms with Gasteiger partial charge in [-0.15, -0.1) is 0 Å². The lowest BCUT2D eigenvalue weighted by molar-refractivity contribution is 0.0985. The van der Waals surface area contributed by atoms with E-state index in [0.29, 0.717) is 10.7 Å². The van der Waals surface area contributed by atoms with Crippen LogP contribution in [0.1, 0.15) is 42.3 Å². The lowest BCUT2D eigenvalue weighted by atomic mass is 10.2. The summed E-state index contributed by atoms with van der Waals surface area (Å²) >= 11 is 1.45. The van der Waals surface area contributed by atoms with Crippen LogP contribution < -0.4 is 4.90 Å². The molecule has 0 N–H and O–H groups in total. The minimum absolute atomic E-state index is 0.140. The largest absolute Gasteiger partial charge is 0.279 e. The second kappa shape index (κ2) is 9.41. The summed E-state index contributed by atoms with van der Waals surface area (Å²) in [5.41, 5.74) is 3.18. The summed E-state index contributed by atoms with van der Waals surface area (Å²) in [6.45, 7) is 5.63. The van der Waals surface area contributed by atoms with E-state index >= 15 is 0 Å². The van der Waals surface area contributed by atoms with Crippen molar-refractivity contribution in [2.75, 3.05) is 4.90 Å². The average molecular weight is 480 g/mol. The van der Waals surface area contributed by atoms with Crippen molar-refractivity contribution in [3.05, 3.63) is 83.7 Å². The van der Waals surface area contributed by atoms with Crippen molar-refractivity contribution in [2.45, 2.75) is 43.9 Å². The lowest BCUT2D eigenvalue weighted by Crippen LogP contribution is -2.30. The normalized spacial score (nSPS) is 11.8. The SMILES string of the molecule is CCc1ccc2nc(N(Cc3cccnc3)C(=O)c3cccc(S(=O)(=O)C(C)C)c3)sc2c1. The molecule has 170 valence electrons. The number of fused-ring (bicyclic) bond motifs is 1. The first-order valence-electron chi connectivity index (χ1n) is 10.7. The average Bonchev–Trinajstić information content (AvgIpc) is 3.25. The van der Waals surface area contributed by atoms with Crippen molar-refractivity contribution in [2.24, 2.45) is 0 Å². The molecule has 0 unspecified atom stereocenters. The molecular weight excluding hydrogens is 454 g/mol. The summed E-state index contributed by atoms with van der Waals surface area (Å²) in [7, 11) is -3.50. The summed E-state index contributed by atoms with van der Waals surface area (Å²) in [4.78, 5) is 24.3. The molecule has 2 heterocycles. The topological polar surface area (TPSA) is 80.2 Å². The molecule has 4 rings (SSSR count). The van der Waals surface area contributed by atoms with Crippen LogP contribution in [0.15, 0.2) is 71.9 Å². The molecule has 6 nitrogen and oxygen atoms in total. The Kier molecular flexibility index (Phi) is 6.58. The van der Waals surface area contributed by atoms with E-state index < -0.39 is 15.1 Å². The Labute approximate surface area is 197 Å². The van der Waals surface area contributed by atoms with E-state index in [4.69, 9.17) is 4.98 Å². The summed E-state index contributed by atoms with van der Waals surface area (Å²) < 4.78 is 26.3. The molecule has 0 radical (unpaired) electrons. The van der Waals surface area contributed by atoms with Crippen LogP contribution in [0.4, 0.5) is 5.13 Å². The predicted octanol–water partition coefficient (Wildman–Crippen LogP) is 5.28. The van der Waals surface area contributed by atoms with E-state index in [1.54, 1.807) is 43.3 Å². The molecule has 2 aromatic heterocycles. The first-order chi connectivity index (χ1) is 15.8. The standard InChI is InChI=1S/C25H25N3O3S2/c1-4-18-10-11-22-23(13-18)32-25(27-22)28(16-19-7-6-12-26-15-19)24(29)20-8-5-9-21(14-20)33(30,31)17(2)3/h5-15,17H,4,16H2,1-3H3. The fraction of sp³-hybridized carbons (Fsp3) is 0.240. The van der Waals surface area contributed by atoms with Crippen LogP contribution >= 0.6 is 11.3 Å². The van der Waals surface area contributed by atoms with Crippen molar-refractivity contribution >= 4 is 42.4 Å². The van der Waals surface area contributed by atoms with E-state index in [-0.39, 0.29) is 17.3 Å². The molecule has 0 saturated heterocycles. The van der Waals surface area contributed by atoms with Crippen LogP contribution in [-0.4, -0.2) is 29.5 Å². The number of amides is 1. The van der Waals surface area contributed by atoms with Gasteiger partial charge in [0.15, 0.2) is 15.0 Å². The molecule has 33 heavy (non-hydrogen) atoms. The number of anilines is 1. The smallest absolute Gasteiger partial charge is 0.260 e. The van der Waals surface area contributed by atoms with E-state index in [0.717, 1.165) is 22.2 Å². The maximum absolute atomic E-state index is 13.7. The third kappa shape index (κ3) is 4.82. The van der Waals surface area contributed by atoms with Crippen LogP contribution in [0, 0.1) is 0 Å². The van der Waals surface area contributed by atoms with Gasteiger partial charge in [-0.05, 0) is 67.8 Å². The molecule has 0 saturated carbocycles. The zero-order valence-electron chi connectivity index (χ0n) is 18.7. The van der Waals surface area contributed by atoms with Gasteiger partial charge in [-0.2, -0.15) is 0 Å². The van der Waals surface area contributed by atoms with Gasteiger partial charge in [0.05, 0.1) is 26.9 Å². The van der Waals surface area contributed by atoms with Gasteiger partial charge in [-0.25, -0.2) is 13.4 Å². The molecule has 0 spiro atoms. The molecule has 1 amide bonds. The minimum Gasteiger partial charge on any atom is -0.279 e. The van der Waals surface area contributed by atoms with E-state index in [1.807, 2.05) is 24.3 Å². The highest BCUT2D eigenvalue weighted by Gasteiger charge is 2.25. The number of hydrogen-bond donors (Lipinski definition) is 0. The second-order valence-corrected chi connectivity index (χ2v) is 11.5. The van der Waals surface area contributed by atoms with Gasteiger partial charge in [0, 0.05) is 18.0 Å². The number of aryl methyl sites for hydroxylation is 1. The van der Waals surface area contributed by atoms with E-state index in [2.05, 4.69) is 18.0 Å². The molecule has 0 aliphatic rings. The van der Waals surface area contributed by atoms with Crippen molar-refractivity contribution in [1.82, 2.24) is 9.97 Å². The van der Waals surface area contributed by atoms with E-state index in [1.165, 1.54) is 29.0 Å². The number of hydrogen-bond acceptors (Lipinski definition) is 6. The highest BCUT2D eigenvalue weighted by molar-refractivity contribution is 7.92. The Morgan fingerprint density at radius 1 is 1.06 bits per heavy atom. The third-order valence-corrected chi connectivity index (χ3v) is 8.61. The molecule has 0 bridgehead atoms. The number of aromatic nitrogens is 2. The monoisotopic (exact) mass is 479 g/mol. The number of sulfone groups is 1. The van der Waals surface area contributed by atoms with Crippen molar-refractivity contribution < 1.29 is 13.2 Å². The molecule has 0 aliphatic carbocycles. The number of carbonyl (C=O) groups excluding carboxylic acids is 1. The Balaban J connectivity index is 1.78. The Morgan fingerprint density at radius 3 is 2.58 bits per heavy atom. The number of benzene rings is 2. The second-order valence-electron chi connectivity index (χ2n) is 8.03. The van der Waals surface area contributed by atoms with Crippen molar-refractivity contribution in [3.8, 4) is 0 Å². The lowest BCUT2D eigenvalue weighted by Gasteiger charge is -2.20. The quantitative estimate of drug-likeness (QED) is 0.360. The first kappa shape index (κ1) is 23.1. The minimum atomic E-state index is -3.50. The third-order valence-electron chi connectivity index (χ3n) is 5.42. The van der Waals surface area contributed by atoms with Gasteiger partial charge in [0.25, 0.3) is 5.91 Å². The van der Waals surface area contributed by atoms with Crippen molar-refractivity contribution in [1.29, 1.82) is 0 Å². The van der Waals surface area contributed by atoms with E-state index in [9.17, 15) is 13.2 Å². The predicted molar refractivity (Wildman–Crippen MR) is 133 cm³/mol. The zero-order valence-corrected chi connectivity index (χ0v) is 20.4. The molecule has 0 aliphatic heterocycles. The first-order valence-corrected chi connectivity index (χ1v) is 13.1. The van der Waals surface area contributed by atoms with Gasteiger partial charge in [0.2, 0.25) is 0 Å². The Bertz CT molecular complexity index is 1400. The zero-order chi connectivity index (χ0) is 23.6. The molecule has 0 fully saturated rings. The highest BCUT2D eigenvalue weighted by atomic mass is 32.2. The van der Waals surface area contributed by atoms with Gasteiger partial charge in [-0.1, -0.05) is 36.5 Å². The maximum Gasteiger partial charge on any atom is 0.260 e. The fourth-order valence-electron chi connectivity index (χ4n) is 3.43. The van der Waals surface area contributed by atoms with Crippen LogP contribution in [0.25, 0.3) is 10.2 Å². The fourth-order valence-corrected chi connectivity index (χ4v) is 5.56. The van der Waals surface area contributed by atoms with Gasteiger partial charge >= 0.3 is 0 Å². The van der Waals surface area contributed by atoms with Crippen LogP contribution in [-0.2, 0) is 22.8 Å². The number of thiazole rings is 1. The number of carbonyl (C=O) groups is 1. The number of nitrogens with zero attached hydrogens (tertiary/aromatic N) is 3. The summed E-state index contributed by atoms with van der Waals surface area (Å²) in [6, 6.07) is 16.1. The Hall–Kier alpha value is -3.10. The van der Waals surface area contributed by atoms with Crippen molar-refractivity contribution in [3.63, 3.8) is 0 Å². The number of rotatable bonds is 7. The molecule has 4 aromatic rings. The molecule has 8 heteroatoms. The van der Waals surface area contributed by atoms with Gasteiger partial charge in [-0.3, -0.25) is 14.7 Å². The summed E-state index contributed by atoms with van der Waals surface area (Å²) in [5.74, 6) is -0.311. The molecular formula is C25H25N3O3S2. The van der Waals surface area contributed by atoms with Gasteiger partial charge < -0.3 is 0 Å². The van der Waals surface area contributed by atoms with Gasteiger partial charge in [0.1, 0.15) is 0 Å². The molecule has 0 atom stereocenters. The van der Waals surface area contributed by atoms with Crippen LogP contribution in [0.2, 0.25) is 0 Å². The van der Waals surface area contributed by atoms with Crippen LogP contribution in [0.5, 0.6) is 0 Å². The Morgan fingerprint density at radius 2 is 1.88 bits per heavy atom. The highest BCUT2D eigenvalue weighted by Crippen LogP contribution is 2.32. The molecule has 2 aromatic carbocycles.